The van der Waals surface area contributed by atoms with Crippen molar-refractivity contribution in [2.75, 3.05) is 0 Å². The summed E-state index contributed by atoms with van der Waals surface area (Å²) in [6, 6.07) is 19.0. The number of ether oxygens (including phenoxy) is 1. The van der Waals surface area contributed by atoms with Crippen LogP contribution in [0.4, 0.5) is 0 Å². The molecular formula is C19H16O3. The maximum atomic E-state index is 10.9. The molecule has 22 heavy (non-hydrogen) atoms. The number of hydrogen-bond donors (Lipinski definition) is 1. The van der Waals surface area contributed by atoms with Crippen LogP contribution in [0.1, 0.15) is 21.5 Å². The Kier molecular flexibility index (Phi) is 3.79. The largest absolute Gasteiger partial charge is 0.488 e. The van der Waals surface area contributed by atoms with Crippen LogP contribution in [-0.2, 0) is 6.61 Å². The molecule has 0 fully saturated rings. The van der Waals surface area contributed by atoms with Crippen LogP contribution in [0.3, 0.4) is 0 Å². The van der Waals surface area contributed by atoms with E-state index in [4.69, 9.17) is 9.84 Å². The van der Waals surface area contributed by atoms with E-state index in [0.717, 1.165) is 27.6 Å². The van der Waals surface area contributed by atoms with Gasteiger partial charge in [-0.3, -0.25) is 0 Å². The van der Waals surface area contributed by atoms with E-state index in [1.165, 1.54) is 0 Å². The first-order valence-electron chi connectivity index (χ1n) is 7.08. The zero-order valence-electron chi connectivity index (χ0n) is 12.2. The van der Waals surface area contributed by atoms with Gasteiger partial charge in [0.15, 0.2) is 0 Å². The van der Waals surface area contributed by atoms with Gasteiger partial charge in [-0.1, -0.05) is 48.5 Å². The zero-order valence-corrected chi connectivity index (χ0v) is 12.2. The minimum absolute atomic E-state index is 0.282. The fourth-order valence-corrected chi connectivity index (χ4v) is 2.44. The average Bonchev–Trinajstić information content (AvgIpc) is 2.54. The summed E-state index contributed by atoms with van der Waals surface area (Å²) in [6.45, 7) is 2.43. The van der Waals surface area contributed by atoms with E-state index in [9.17, 15) is 4.79 Å². The van der Waals surface area contributed by atoms with E-state index in [2.05, 4.69) is 12.1 Å². The van der Waals surface area contributed by atoms with Crippen molar-refractivity contribution in [3.05, 3.63) is 77.4 Å². The summed E-state index contributed by atoms with van der Waals surface area (Å²) >= 11 is 0. The lowest BCUT2D eigenvalue weighted by Crippen LogP contribution is -2.00. The van der Waals surface area contributed by atoms with E-state index in [0.29, 0.717) is 6.61 Å². The van der Waals surface area contributed by atoms with Crippen molar-refractivity contribution in [1.29, 1.82) is 0 Å². The molecule has 0 aliphatic heterocycles. The highest BCUT2D eigenvalue weighted by molar-refractivity contribution is 5.89. The van der Waals surface area contributed by atoms with Gasteiger partial charge in [-0.2, -0.15) is 0 Å². The molecule has 0 unspecified atom stereocenters. The molecule has 0 spiro atoms. The SMILES string of the molecule is Cc1ccc2ccccc2c1OCc1ccc(C(=O)O)cc1. The van der Waals surface area contributed by atoms with Crippen LogP contribution in [0.2, 0.25) is 0 Å². The Labute approximate surface area is 128 Å². The summed E-state index contributed by atoms with van der Waals surface area (Å²) in [7, 11) is 0. The third-order valence-corrected chi connectivity index (χ3v) is 3.66. The molecule has 3 aromatic carbocycles. The molecule has 0 heterocycles. The van der Waals surface area contributed by atoms with Crippen molar-refractivity contribution >= 4 is 16.7 Å². The topological polar surface area (TPSA) is 46.5 Å². The van der Waals surface area contributed by atoms with Gasteiger partial charge in [0.1, 0.15) is 12.4 Å². The van der Waals surface area contributed by atoms with Gasteiger partial charge < -0.3 is 9.84 Å². The third-order valence-electron chi connectivity index (χ3n) is 3.66. The molecule has 0 amide bonds. The molecule has 0 atom stereocenters. The molecule has 3 heteroatoms. The lowest BCUT2D eigenvalue weighted by atomic mass is 10.1. The van der Waals surface area contributed by atoms with Gasteiger partial charge in [0.05, 0.1) is 5.56 Å². The number of aromatic carboxylic acids is 1. The first kappa shape index (κ1) is 14.1. The minimum Gasteiger partial charge on any atom is -0.488 e. The van der Waals surface area contributed by atoms with Crippen LogP contribution < -0.4 is 4.74 Å². The third kappa shape index (κ3) is 2.79. The number of fused-ring (bicyclic) bond motifs is 1. The Morgan fingerprint density at radius 2 is 1.73 bits per heavy atom. The van der Waals surface area contributed by atoms with Gasteiger partial charge in [-0.15, -0.1) is 0 Å². The molecule has 3 aromatic rings. The molecule has 0 bridgehead atoms. The van der Waals surface area contributed by atoms with E-state index >= 15 is 0 Å². The summed E-state index contributed by atoms with van der Waals surface area (Å²) in [6.07, 6.45) is 0. The Bertz CT molecular complexity index is 820. The van der Waals surface area contributed by atoms with Gasteiger partial charge in [-0.25, -0.2) is 4.79 Å². The highest BCUT2D eigenvalue weighted by Crippen LogP contribution is 2.30. The number of carboxylic acid groups (broad SMARTS) is 1. The standard InChI is InChI=1S/C19H16O3/c1-13-6-9-15-4-2-3-5-17(15)18(13)22-12-14-7-10-16(11-8-14)19(20)21/h2-11H,12H2,1H3,(H,20,21). The molecule has 0 aromatic heterocycles. The number of hydrogen-bond acceptors (Lipinski definition) is 2. The molecule has 0 radical (unpaired) electrons. The number of benzene rings is 3. The van der Waals surface area contributed by atoms with E-state index < -0.39 is 5.97 Å². The first-order valence-corrected chi connectivity index (χ1v) is 7.08. The smallest absolute Gasteiger partial charge is 0.335 e. The maximum Gasteiger partial charge on any atom is 0.335 e. The number of carboxylic acids is 1. The predicted octanol–water partition coefficient (Wildman–Crippen LogP) is 4.43. The summed E-state index contributed by atoms with van der Waals surface area (Å²) in [5.41, 5.74) is 2.31. The Balaban J connectivity index is 1.84. The van der Waals surface area contributed by atoms with Crippen molar-refractivity contribution in [1.82, 2.24) is 0 Å². The van der Waals surface area contributed by atoms with Crippen LogP contribution in [0.5, 0.6) is 5.75 Å². The molecule has 1 N–H and O–H groups in total. The quantitative estimate of drug-likeness (QED) is 0.774. The second-order valence-corrected chi connectivity index (χ2v) is 5.22. The lowest BCUT2D eigenvalue weighted by molar-refractivity contribution is 0.0697. The Morgan fingerprint density at radius 1 is 1.00 bits per heavy atom. The monoisotopic (exact) mass is 292 g/mol. The number of aryl methyl sites for hydroxylation is 1. The maximum absolute atomic E-state index is 10.9. The summed E-state index contributed by atoms with van der Waals surface area (Å²) < 4.78 is 5.99. The fourth-order valence-electron chi connectivity index (χ4n) is 2.44. The van der Waals surface area contributed by atoms with Crippen molar-refractivity contribution in [3.8, 4) is 5.75 Å². The van der Waals surface area contributed by atoms with Gasteiger partial charge in [0.25, 0.3) is 0 Å². The van der Waals surface area contributed by atoms with Crippen LogP contribution in [0.25, 0.3) is 10.8 Å². The lowest BCUT2D eigenvalue weighted by Gasteiger charge is -2.12. The normalized spacial score (nSPS) is 10.6. The van der Waals surface area contributed by atoms with Crippen LogP contribution in [0, 0.1) is 6.92 Å². The second kappa shape index (κ2) is 5.90. The molecule has 0 saturated heterocycles. The van der Waals surface area contributed by atoms with Gasteiger partial charge in [0, 0.05) is 5.39 Å². The molecular weight excluding hydrogens is 276 g/mol. The molecule has 3 rings (SSSR count). The van der Waals surface area contributed by atoms with Crippen LogP contribution in [-0.4, -0.2) is 11.1 Å². The molecule has 0 saturated carbocycles. The van der Waals surface area contributed by atoms with Crippen molar-refractivity contribution < 1.29 is 14.6 Å². The van der Waals surface area contributed by atoms with Crippen molar-refractivity contribution in [2.45, 2.75) is 13.5 Å². The predicted molar refractivity (Wildman–Crippen MR) is 86.4 cm³/mol. The van der Waals surface area contributed by atoms with E-state index in [-0.39, 0.29) is 5.56 Å². The minimum atomic E-state index is -0.919. The Morgan fingerprint density at radius 3 is 2.45 bits per heavy atom. The highest BCUT2D eigenvalue weighted by Gasteiger charge is 2.07. The van der Waals surface area contributed by atoms with Crippen LogP contribution >= 0.6 is 0 Å². The zero-order chi connectivity index (χ0) is 15.5. The van der Waals surface area contributed by atoms with E-state index in [1.54, 1.807) is 24.3 Å². The molecule has 0 aliphatic carbocycles. The van der Waals surface area contributed by atoms with Crippen molar-refractivity contribution in [2.24, 2.45) is 0 Å². The molecule has 3 nitrogen and oxygen atoms in total. The Hall–Kier alpha value is -2.81. The molecule has 110 valence electrons. The van der Waals surface area contributed by atoms with E-state index in [1.807, 2.05) is 31.2 Å². The van der Waals surface area contributed by atoms with Gasteiger partial charge in [-0.05, 0) is 35.6 Å². The van der Waals surface area contributed by atoms with Crippen LogP contribution in [0.15, 0.2) is 60.7 Å². The van der Waals surface area contributed by atoms with Gasteiger partial charge in [0.2, 0.25) is 0 Å². The number of rotatable bonds is 4. The fraction of sp³-hybridized carbons (Fsp3) is 0.105. The highest BCUT2D eigenvalue weighted by atomic mass is 16.5. The summed E-state index contributed by atoms with van der Waals surface area (Å²) in [5, 5.41) is 11.1. The van der Waals surface area contributed by atoms with Gasteiger partial charge >= 0.3 is 5.97 Å². The summed E-state index contributed by atoms with van der Waals surface area (Å²) in [4.78, 5) is 10.9. The average molecular weight is 292 g/mol. The first-order chi connectivity index (χ1) is 10.6. The second-order valence-electron chi connectivity index (χ2n) is 5.22. The number of carbonyl (C=O) groups is 1. The molecule has 0 aliphatic rings. The van der Waals surface area contributed by atoms with Crippen molar-refractivity contribution in [3.63, 3.8) is 0 Å². The summed E-state index contributed by atoms with van der Waals surface area (Å²) in [5.74, 6) is -0.0437.